The molecule has 0 saturated heterocycles. The summed E-state index contributed by atoms with van der Waals surface area (Å²) in [5, 5.41) is 0. The average Bonchev–Trinajstić information content (AvgIpc) is 2.53. The van der Waals surface area contributed by atoms with Crippen molar-refractivity contribution in [2.75, 3.05) is 0 Å². The second kappa shape index (κ2) is 3.09. The van der Waals surface area contributed by atoms with Gasteiger partial charge < -0.3 is 4.57 Å². The topological polar surface area (TPSA) is 17.8 Å². The molecule has 1 aromatic carbocycles. The summed E-state index contributed by atoms with van der Waals surface area (Å²) in [6.07, 6.45) is 2.42. The van der Waals surface area contributed by atoms with Gasteiger partial charge in [-0.1, -0.05) is 13.0 Å². The van der Waals surface area contributed by atoms with E-state index < -0.39 is 0 Å². The van der Waals surface area contributed by atoms with E-state index in [1.807, 2.05) is 0 Å². The zero-order chi connectivity index (χ0) is 10.4. The molecule has 2 aromatic rings. The monoisotopic (exact) mass is 200 g/mol. The van der Waals surface area contributed by atoms with Gasteiger partial charge in [0.25, 0.3) is 0 Å². The van der Waals surface area contributed by atoms with Crippen LogP contribution in [0.15, 0.2) is 18.2 Å². The van der Waals surface area contributed by atoms with Crippen molar-refractivity contribution in [1.82, 2.24) is 9.55 Å². The first-order chi connectivity index (χ1) is 7.24. The van der Waals surface area contributed by atoms with Crippen LogP contribution in [0.25, 0.3) is 11.0 Å². The Balaban J connectivity index is 2.23. The Hall–Kier alpha value is -1.31. The molecule has 0 aliphatic carbocycles. The number of rotatable bonds is 0. The summed E-state index contributed by atoms with van der Waals surface area (Å²) in [7, 11) is 0. The molecule has 2 heteroatoms. The lowest BCUT2D eigenvalue weighted by Crippen LogP contribution is -2.17. The van der Waals surface area contributed by atoms with Gasteiger partial charge in [-0.3, -0.25) is 0 Å². The van der Waals surface area contributed by atoms with Gasteiger partial charge >= 0.3 is 0 Å². The van der Waals surface area contributed by atoms with Crippen molar-refractivity contribution in [3.8, 4) is 0 Å². The molecule has 0 radical (unpaired) electrons. The van der Waals surface area contributed by atoms with Crippen LogP contribution in [0.2, 0.25) is 0 Å². The van der Waals surface area contributed by atoms with Crippen molar-refractivity contribution in [3.63, 3.8) is 0 Å². The summed E-state index contributed by atoms with van der Waals surface area (Å²) in [5.74, 6) is 2.06. The highest BCUT2D eigenvalue weighted by Crippen LogP contribution is 2.25. The highest BCUT2D eigenvalue weighted by atomic mass is 15.1. The van der Waals surface area contributed by atoms with Crippen LogP contribution in [0.5, 0.6) is 0 Å². The van der Waals surface area contributed by atoms with E-state index in [4.69, 9.17) is 4.98 Å². The zero-order valence-corrected chi connectivity index (χ0v) is 9.33. The average molecular weight is 200 g/mol. The SMILES string of the molecule is Cc1ccc2c(c1)nc1n2CC[C@@H](C)C1. The number of benzene rings is 1. The molecule has 15 heavy (non-hydrogen) atoms. The minimum absolute atomic E-state index is 0.787. The number of aromatic nitrogens is 2. The second-order valence-corrected chi connectivity index (χ2v) is 4.77. The molecule has 0 spiro atoms. The molecule has 0 N–H and O–H groups in total. The Kier molecular flexibility index (Phi) is 1.84. The van der Waals surface area contributed by atoms with Crippen molar-refractivity contribution in [1.29, 1.82) is 0 Å². The van der Waals surface area contributed by atoms with Gasteiger partial charge in [-0.2, -0.15) is 0 Å². The van der Waals surface area contributed by atoms with Crippen LogP contribution >= 0.6 is 0 Å². The largest absolute Gasteiger partial charge is 0.328 e. The lowest BCUT2D eigenvalue weighted by Gasteiger charge is -2.19. The fourth-order valence-corrected chi connectivity index (χ4v) is 2.46. The van der Waals surface area contributed by atoms with Gasteiger partial charge in [-0.15, -0.1) is 0 Å². The molecule has 0 bridgehead atoms. The minimum atomic E-state index is 0.787. The van der Waals surface area contributed by atoms with E-state index in [1.165, 1.54) is 28.8 Å². The fourth-order valence-electron chi connectivity index (χ4n) is 2.46. The molecule has 0 fully saturated rings. The lowest BCUT2D eigenvalue weighted by atomic mass is 10.0. The van der Waals surface area contributed by atoms with Gasteiger partial charge in [0.05, 0.1) is 11.0 Å². The Morgan fingerprint density at radius 3 is 3.13 bits per heavy atom. The number of hydrogen-bond donors (Lipinski definition) is 0. The van der Waals surface area contributed by atoms with Gasteiger partial charge in [-0.05, 0) is 37.0 Å². The molecule has 1 aliphatic rings. The quantitative estimate of drug-likeness (QED) is 0.639. The van der Waals surface area contributed by atoms with Crippen LogP contribution in [-0.2, 0) is 13.0 Å². The predicted molar refractivity (Wildman–Crippen MR) is 62.0 cm³/mol. The van der Waals surface area contributed by atoms with Gasteiger partial charge in [0.1, 0.15) is 5.82 Å². The lowest BCUT2D eigenvalue weighted by molar-refractivity contribution is 0.415. The van der Waals surface area contributed by atoms with E-state index >= 15 is 0 Å². The maximum Gasteiger partial charge on any atom is 0.110 e. The van der Waals surface area contributed by atoms with E-state index in [0.29, 0.717) is 0 Å². The predicted octanol–water partition coefficient (Wildman–Crippen LogP) is 2.93. The highest BCUT2D eigenvalue weighted by Gasteiger charge is 2.18. The summed E-state index contributed by atoms with van der Waals surface area (Å²) >= 11 is 0. The maximum absolute atomic E-state index is 4.73. The summed E-state index contributed by atoms with van der Waals surface area (Å²) < 4.78 is 2.38. The molecule has 0 saturated carbocycles. The third-order valence-corrected chi connectivity index (χ3v) is 3.36. The molecule has 2 heterocycles. The van der Waals surface area contributed by atoms with E-state index in [9.17, 15) is 0 Å². The van der Waals surface area contributed by atoms with Crippen molar-refractivity contribution in [3.05, 3.63) is 29.6 Å². The smallest absolute Gasteiger partial charge is 0.110 e. The number of nitrogens with zero attached hydrogens (tertiary/aromatic N) is 2. The van der Waals surface area contributed by atoms with Gasteiger partial charge in [-0.25, -0.2) is 4.98 Å². The van der Waals surface area contributed by atoms with Crippen molar-refractivity contribution in [2.45, 2.75) is 33.2 Å². The van der Waals surface area contributed by atoms with E-state index in [1.54, 1.807) is 0 Å². The molecule has 0 unspecified atom stereocenters. The van der Waals surface area contributed by atoms with E-state index in [-0.39, 0.29) is 0 Å². The molecule has 2 nitrogen and oxygen atoms in total. The van der Waals surface area contributed by atoms with Crippen molar-refractivity contribution >= 4 is 11.0 Å². The Bertz CT molecular complexity index is 510. The zero-order valence-electron chi connectivity index (χ0n) is 9.33. The Morgan fingerprint density at radius 1 is 1.40 bits per heavy atom. The molecule has 3 rings (SSSR count). The number of hydrogen-bond acceptors (Lipinski definition) is 1. The normalized spacial score (nSPS) is 20.5. The molecule has 1 aromatic heterocycles. The third kappa shape index (κ3) is 1.36. The number of fused-ring (bicyclic) bond motifs is 3. The van der Waals surface area contributed by atoms with E-state index in [2.05, 4.69) is 36.6 Å². The Morgan fingerprint density at radius 2 is 2.27 bits per heavy atom. The van der Waals surface area contributed by atoms with Crippen LogP contribution < -0.4 is 0 Å². The second-order valence-electron chi connectivity index (χ2n) is 4.77. The van der Waals surface area contributed by atoms with Crippen LogP contribution in [0.3, 0.4) is 0 Å². The van der Waals surface area contributed by atoms with Crippen molar-refractivity contribution in [2.24, 2.45) is 5.92 Å². The van der Waals surface area contributed by atoms with Gasteiger partial charge in [0, 0.05) is 13.0 Å². The van der Waals surface area contributed by atoms with Crippen LogP contribution in [0.4, 0.5) is 0 Å². The molecule has 78 valence electrons. The molecule has 1 aliphatic heterocycles. The first-order valence-electron chi connectivity index (χ1n) is 5.70. The molecular weight excluding hydrogens is 184 g/mol. The summed E-state index contributed by atoms with van der Waals surface area (Å²) in [5.41, 5.74) is 3.77. The van der Waals surface area contributed by atoms with Crippen LogP contribution in [0.1, 0.15) is 24.7 Å². The highest BCUT2D eigenvalue weighted by molar-refractivity contribution is 5.77. The van der Waals surface area contributed by atoms with E-state index in [0.717, 1.165) is 18.9 Å². The first kappa shape index (κ1) is 8.96. The first-order valence-corrected chi connectivity index (χ1v) is 5.70. The summed E-state index contributed by atoms with van der Waals surface area (Å²) in [6, 6.07) is 6.57. The maximum atomic E-state index is 4.73. The third-order valence-electron chi connectivity index (χ3n) is 3.36. The van der Waals surface area contributed by atoms with Crippen LogP contribution in [-0.4, -0.2) is 9.55 Å². The summed E-state index contributed by atoms with van der Waals surface area (Å²) in [4.78, 5) is 4.73. The number of aryl methyl sites for hydroxylation is 2. The molecule has 0 amide bonds. The van der Waals surface area contributed by atoms with Crippen LogP contribution in [0, 0.1) is 12.8 Å². The standard InChI is InChI=1S/C13H16N2/c1-9-3-4-12-11(7-9)14-13-8-10(2)5-6-15(12)13/h3-4,7,10H,5-6,8H2,1-2H3/t10-/m1/s1. The summed E-state index contributed by atoms with van der Waals surface area (Å²) in [6.45, 7) is 5.57. The molecular formula is C13H16N2. The van der Waals surface area contributed by atoms with Crippen molar-refractivity contribution < 1.29 is 0 Å². The fraction of sp³-hybridized carbons (Fsp3) is 0.462. The van der Waals surface area contributed by atoms with Gasteiger partial charge in [0.15, 0.2) is 0 Å². The Labute approximate surface area is 89.9 Å². The number of imidazole rings is 1. The molecule has 1 atom stereocenters. The minimum Gasteiger partial charge on any atom is -0.328 e. The van der Waals surface area contributed by atoms with Gasteiger partial charge in [0.2, 0.25) is 0 Å².